The van der Waals surface area contributed by atoms with Crippen molar-refractivity contribution in [3.05, 3.63) is 45.8 Å². The van der Waals surface area contributed by atoms with Crippen molar-refractivity contribution >= 4 is 28.2 Å². The molecule has 1 atom stereocenters. The Morgan fingerprint density at radius 2 is 1.90 bits per heavy atom. The van der Waals surface area contributed by atoms with Gasteiger partial charge in [-0.05, 0) is 49.3 Å². The number of nitrogens with zero attached hydrogens (tertiary/aromatic N) is 1. The van der Waals surface area contributed by atoms with Crippen LogP contribution in [-0.4, -0.2) is 49.6 Å². The second-order valence-corrected chi connectivity index (χ2v) is 9.23. The lowest BCUT2D eigenvalue weighted by molar-refractivity contribution is -0.121. The Morgan fingerprint density at radius 3 is 2.77 bits per heavy atom. The van der Waals surface area contributed by atoms with E-state index in [0.717, 1.165) is 42.6 Å². The number of amides is 2. The molecule has 1 fully saturated rings. The maximum absolute atomic E-state index is 13.4. The van der Waals surface area contributed by atoms with E-state index in [1.807, 2.05) is 29.2 Å². The number of anilines is 1. The fourth-order valence-corrected chi connectivity index (χ4v) is 5.80. The van der Waals surface area contributed by atoms with E-state index >= 15 is 0 Å². The van der Waals surface area contributed by atoms with Crippen LogP contribution in [0, 0.1) is 5.92 Å². The number of hydrogen-bond donors (Lipinski definition) is 1. The summed E-state index contributed by atoms with van der Waals surface area (Å²) in [5.74, 6) is 0.555. The second-order valence-electron chi connectivity index (χ2n) is 8.13. The van der Waals surface area contributed by atoms with E-state index in [-0.39, 0.29) is 17.7 Å². The molecule has 1 aliphatic carbocycles. The van der Waals surface area contributed by atoms with Gasteiger partial charge in [-0.25, -0.2) is 0 Å². The Bertz CT molecular complexity index is 964. The minimum atomic E-state index is -0.259. The van der Waals surface area contributed by atoms with E-state index in [2.05, 4.69) is 5.32 Å². The number of carbonyl (C=O) groups excluding carboxylic acids is 2. The van der Waals surface area contributed by atoms with E-state index in [1.54, 1.807) is 11.3 Å². The summed E-state index contributed by atoms with van der Waals surface area (Å²) < 4.78 is 11.2. The highest BCUT2D eigenvalue weighted by atomic mass is 32.1. The molecule has 0 saturated carbocycles. The van der Waals surface area contributed by atoms with Gasteiger partial charge in [0, 0.05) is 18.0 Å². The molecule has 3 heterocycles. The molecule has 3 aliphatic rings. The van der Waals surface area contributed by atoms with Crippen LogP contribution >= 0.6 is 11.3 Å². The van der Waals surface area contributed by atoms with Crippen molar-refractivity contribution in [2.45, 2.75) is 32.1 Å². The van der Waals surface area contributed by atoms with Crippen LogP contribution in [0.3, 0.4) is 0 Å². The van der Waals surface area contributed by atoms with Gasteiger partial charge in [-0.1, -0.05) is 18.2 Å². The molecule has 1 aromatic heterocycles. The fraction of sp³-hybridized carbons (Fsp3) is 0.478. The van der Waals surface area contributed by atoms with Gasteiger partial charge >= 0.3 is 0 Å². The molecule has 0 radical (unpaired) electrons. The number of hydrogen-bond acceptors (Lipinski definition) is 5. The minimum Gasteiger partial charge on any atom is -0.492 e. The van der Waals surface area contributed by atoms with Crippen LogP contribution in [0.5, 0.6) is 5.75 Å². The summed E-state index contributed by atoms with van der Waals surface area (Å²) in [4.78, 5) is 29.6. The molecule has 5 rings (SSSR count). The quantitative estimate of drug-likeness (QED) is 0.818. The number of rotatable bonds is 3. The molecule has 0 unspecified atom stereocenters. The first kappa shape index (κ1) is 19.6. The SMILES string of the molecule is O=C(Nc1sc2c(c1C(=O)N1CCOCC1)CCCC2)[C@H]1COc2ccccc2C1. The zero-order valence-electron chi connectivity index (χ0n) is 16.9. The first-order valence-electron chi connectivity index (χ1n) is 10.7. The van der Waals surface area contributed by atoms with Gasteiger partial charge in [-0.3, -0.25) is 9.59 Å². The third kappa shape index (κ3) is 3.72. The molecule has 0 bridgehead atoms. The van der Waals surface area contributed by atoms with Gasteiger partial charge in [-0.15, -0.1) is 11.3 Å². The summed E-state index contributed by atoms with van der Waals surface area (Å²) in [5.41, 5.74) is 2.91. The minimum absolute atomic E-state index is 0.0261. The molecular formula is C23H26N2O4S. The Morgan fingerprint density at radius 1 is 1.10 bits per heavy atom. The lowest BCUT2D eigenvalue weighted by atomic mass is 9.94. The second kappa shape index (κ2) is 8.40. The first-order valence-corrected chi connectivity index (χ1v) is 11.6. The van der Waals surface area contributed by atoms with Crippen molar-refractivity contribution in [2.75, 3.05) is 38.2 Å². The predicted octanol–water partition coefficient (Wildman–Crippen LogP) is 3.29. The van der Waals surface area contributed by atoms with Crippen LogP contribution in [0.1, 0.15) is 39.2 Å². The van der Waals surface area contributed by atoms with Crippen LogP contribution in [0.15, 0.2) is 24.3 Å². The summed E-state index contributed by atoms with van der Waals surface area (Å²) in [6.45, 7) is 2.70. The van der Waals surface area contributed by atoms with Gasteiger partial charge < -0.3 is 19.7 Å². The van der Waals surface area contributed by atoms with Crippen molar-refractivity contribution in [2.24, 2.45) is 5.92 Å². The summed E-state index contributed by atoms with van der Waals surface area (Å²) in [6, 6.07) is 7.86. The Kier molecular flexibility index (Phi) is 5.48. The van der Waals surface area contributed by atoms with Crippen LogP contribution in [-0.2, 0) is 28.8 Å². The van der Waals surface area contributed by atoms with Crippen LogP contribution in [0.2, 0.25) is 0 Å². The third-order valence-corrected chi connectivity index (χ3v) is 7.38. The van der Waals surface area contributed by atoms with Crippen LogP contribution < -0.4 is 10.1 Å². The Labute approximate surface area is 180 Å². The molecule has 2 aromatic rings. The van der Waals surface area contributed by atoms with Crippen molar-refractivity contribution in [1.29, 1.82) is 0 Å². The Hall–Kier alpha value is -2.38. The van der Waals surface area contributed by atoms with Gasteiger partial charge in [0.2, 0.25) is 5.91 Å². The normalized spacial score (nSPS) is 20.7. The molecule has 1 N–H and O–H groups in total. The van der Waals surface area contributed by atoms with Crippen molar-refractivity contribution in [3.63, 3.8) is 0 Å². The van der Waals surface area contributed by atoms with Gasteiger partial charge in [0.05, 0.1) is 24.7 Å². The standard InChI is InChI=1S/C23H26N2O4S/c26-21(16-13-15-5-1-3-7-18(15)29-14-16)24-22-20(17-6-2-4-8-19(17)30-22)23(27)25-9-11-28-12-10-25/h1,3,5,7,16H,2,4,6,8-14H2,(H,24,26)/t16-/m1/s1. The molecule has 2 aliphatic heterocycles. The molecule has 30 heavy (non-hydrogen) atoms. The van der Waals surface area contributed by atoms with Crippen molar-refractivity contribution in [1.82, 2.24) is 4.90 Å². The maximum Gasteiger partial charge on any atom is 0.257 e. The zero-order chi connectivity index (χ0) is 20.5. The number of thiophene rings is 1. The topological polar surface area (TPSA) is 67.9 Å². The summed E-state index contributed by atoms with van der Waals surface area (Å²) in [5, 5.41) is 3.82. The smallest absolute Gasteiger partial charge is 0.257 e. The van der Waals surface area contributed by atoms with Gasteiger partial charge in [0.1, 0.15) is 17.4 Å². The van der Waals surface area contributed by atoms with E-state index in [0.29, 0.717) is 49.9 Å². The highest BCUT2D eigenvalue weighted by Crippen LogP contribution is 2.39. The number of nitrogens with one attached hydrogen (secondary N) is 1. The summed E-state index contributed by atoms with van der Waals surface area (Å²) >= 11 is 1.58. The first-order chi connectivity index (χ1) is 14.7. The molecule has 158 valence electrons. The molecule has 6 nitrogen and oxygen atoms in total. The molecule has 1 saturated heterocycles. The average molecular weight is 427 g/mol. The highest BCUT2D eigenvalue weighted by molar-refractivity contribution is 7.17. The summed E-state index contributed by atoms with van der Waals surface area (Å²) in [6.07, 6.45) is 4.78. The number of benzene rings is 1. The van der Waals surface area contributed by atoms with E-state index in [9.17, 15) is 9.59 Å². The molecule has 0 spiro atoms. The molecule has 7 heteroatoms. The molecular weight excluding hydrogens is 400 g/mol. The van der Waals surface area contributed by atoms with Gasteiger partial charge in [-0.2, -0.15) is 0 Å². The summed E-state index contributed by atoms with van der Waals surface area (Å²) in [7, 11) is 0. The maximum atomic E-state index is 13.4. The average Bonchev–Trinajstić information content (AvgIpc) is 3.16. The van der Waals surface area contributed by atoms with Gasteiger partial charge in [0.15, 0.2) is 0 Å². The van der Waals surface area contributed by atoms with Gasteiger partial charge in [0.25, 0.3) is 5.91 Å². The number of ether oxygens (including phenoxy) is 2. The number of morpholine rings is 1. The van der Waals surface area contributed by atoms with Crippen LogP contribution in [0.4, 0.5) is 5.00 Å². The van der Waals surface area contributed by atoms with E-state index in [4.69, 9.17) is 9.47 Å². The molecule has 1 aromatic carbocycles. The van der Waals surface area contributed by atoms with Crippen LogP contribution in [0.25, 0.3) is 0 Å². The highest BCUT2D eigenvalue weighted by Gasteiger charge is 2.32. The predicted molar refractivity (Wildman–Crippen MR) is 115 cm³/mol. The largest absolute Gasteiger partial charge is 0.492 e. The number of fused-ring (bicyclic) bond motifs is 2. The monoisotopic (exact) mass is 426 g/mol. The Balaban J connectivity index is 1.39. The van der Waals surface area contributed by atoms with E-state index < -0.39 is 0 Å². The number of carbonyl (C=O) groups is 2. The zero-order valence-corrected chi connectivity index (χ0v) is 17.8. The molecule has 2 amide bonds. The lowest BCUT2D eigenvalue weighted by Gasteiger charge is -2.28. The number of para-hydroxylation sites is 1. The number of aryl methyl sites for hydroxylation is 1. The lowest BCUT2D eigenvalue weighted by Crippen LogP contribution is -2.41. The third-order valence-electron chi connectivity index (χ3n) is 6.17. The van der Waals surface area contributed by atoms with E-state index in [1.165, 1.54) is 4.88 Å². The fourth-order valence-electron chi connectivity index (χ4n) is 4.52. The van der Waals surface area contributed by atoms with Crippen molar-refractivity contribution < 1.29 is 19.1 Å². The van der Waals surface area contributed by atoms with Crippen molar-refractivity contribution in [3.8, 4) is 5.75 Å².